The Morgan fingerprint density at radius 2 is 1.22 bits per heavy atom. The van der Waals surface area contributed by atoms with Crippen LogP contribution in [-0.2, 0) is 0 Å². The maximum absolute atomic E-state index is 5.82. The van der Waals surface area contributed by atoms with Gasteiger partial charge in [0, 0.05) is 16.8 Å². The summed E-state index contributed by atoms with van der Waals surface area (Å²) < 4.78 is 27.8. The van der Waals surface area contributed by atoms with E-state index < -0.39 is 0 Å². The molecule has 0 atom stereocenters. The maximum Gasteiger partial charge on any atom is 0.301 e. The molecule has 0 radical (unpaired) electrons. The van der Waals surface area contributed by atoms with Gasteiger partial charge in [-0.25, -0.2) is 0 Å². The van der Waals surface area contributed by atoms with Gasteiger partial charge in [-0.2, -0.15) is 0 Å². The molecular formula is C27H16O5. The van der Waals surface area contributed by atoms with Gasteiger partial charge in [0.15, 0.2) is 0 Å². The number of fused-ring (bicyclic) bond motifs is 6. The largest absolute Gasteiger partial charge is 0.468 e. The fourth-order valence-electron chi connectivity index (χ4n) is 4.39. The van der Waals surface area contributed by atoms with E-state index in [-0.39, 0.29) is 0 Å². The number of furan rings is 4. The molecule has 0 saturated heterocycles. The normalized spacial score (nSPS) is 11.9. The summed E-state index contributed by atoms with van der Waals surface area (Å²) >= 11 is 0. The number of methoxy groups -OCH3 is 1. The zero-order valence-corrected chi connectivity index (χ0v) is 17.0. The predicted octanol–water partition coefficient (Wildman–Crippen LogP) is 8.01. The molecule has 7 aromatic rings. The first-order valence-electron chi connectivity index (χ1n) is 10.3. The van der Waals surface area contributed by atoms with Crippen molar-refractivity contribution in [3.05, 3.63) is 79.1 Å². The van der Waals surface area contributed by atoms with Gasteiger partial charge >= 0.3 is 5.78 Å². The van der Waals surface area contributed by atoms with Crippen molar-refractivity contribution in [2.24, 2.45) is 0 Å². The van der Waals surface area contributed by atoms with E-state index in [1.165, 1.54) is 0 Å². The Labute approximate surface area is 181 Å². The van der Waals surface area contributed by atoms with Crippen LogP contribution in [0.2, 0.25) is 0 Å². The third-order valence-electron chi connectivity index (χ3n) is 5.98. The number of rotatable bonds is 3. The fourth-order valence-corrected chi connectivity index (χ4v) is 4.39. The summed E-state index contributed by atoms with van der Waals surface area (Å²) in [6, 6.07) is 24.7. The van der Waals surface area contributed by atoms with Crippen molar-refractivity contribution in [2.75, 3.05) is 7.11 Å². The van der Waals surface area contributed by atoms with Gasteiger partial charge in [0.2, 0.25) is 0 Å². The Balaban J connectivity index is 1.35. The molecule has 0 aliphatic heterocycles. The van der Waals surface area contributed by atoms with E-state index in [1.54, 1.807) is 13.4 Å². The smallest absolute Gasteiger partial charge is 0.301 e. The molecule has 0 aliphatic carbocycles. The second-order valence-electron chi connectivity index (χ2n) is 7.80. The van der Waals surface area contributed by atoms with Crippen LogP contribution in [-0.4, -0.2) is 7.11 Å². The quantitative estimate of drug-likeness (QED) is 0.290. The van der Waals surface area contributed by atoms with E-state index >= 15 is 0 Å². The maximum atomic E-state index is 5.82. The highest BCUT2D eigenvalue weighted by atomic mass is 16.6. The third-order valence-corrected chi connectivity index (χ3v) is 5.98. The number of ether oxygens (including phenoxy) is 1. The monoisotopic (exact) mass is 420 g/mol. The van der Waals surface area contributed by atoms with Gasteiger partial charge < -0.3 is 22.4 Å². The highest BCUT2D eigenvalue weighted by Gasteiger charge is 2.15. The SMILES string of the molecule is COc1cc2c(o1)oc1ccc(-c3cccc(-c4ccc5oc6occc6c5c4)c3)cc12. The third kappa shape index (κ3) is 2.45. The minimum absolute atomic E-state index is 0.439. The number of hydrogen-bond donors (Lipinski definition) is 0. The van der Waals surface area contributed by atoms with Crippen LogP contribution < -0.4 is 4.74 Å². The van der Waals surface area contributed by atoms with Crippen molar-refractivity contribution in [2.45, 2.75) is 0 Å². The molecule has 154 valence electrons. The van der Waals surface area contributed by atoms with Crippen molar-refractivity contribution < 1.29 is 22.4 Å². The zero-order valence-electron chi connectivity index (χ0n) is 17.0. The molecule has 0 N–H and O–H groups in total. The highest BCUT2D eigenvalue weighted by molar-refractivity contribution is 6.06. The van der Waals surface area contributed by atoms with Crippen LogP contribution >= 0.6 is 0 Å². The molecule has 32 heavy (non-hydrogen) atoms. The Morgan fingerprint density at radius 3 is 1.94 bits per heavy atom. The minimum atomic E-state index is 0.439. The van der Waals surface area contributed by atoms with Crippen LogP contribution in [0, 0.1) is 0 Å². The summed E-state index contributed by atoms with van der Waals surface area (Å²) in [5.41, 5.74) is 6.08. The molecular weight excluding hydrogens is 404 g/mol. The second-order valence-corrected chi connectivity index (χ2v) is 7.80. The van der Waals surface area contributed by atoms with Crippen LogP contribution in [0.25, 0.3) is 66.5 Å². The molecule has 0 amide bonds. The highest BCUT2D eigenvalue weighted by Crippen LogP contribution is 2.38. The van der Waals surface area contributed by atoms with E-state index in [4.69, 9.17) is 22.4 Å². The van der Waals surface area contributed by atoms with Crippen LogP contribution in [0.3, 0.4) is 0 Å². The Kier molecular flexibility index (Phi) is 3.41. The van der Waals surface area contributed by atoms with E-state index in [0.717, 1.165) is 55.0 Å². The molecule has 0 saturated carbocycles. The van der Waals surface area contributed by atoms with Crippen molar-refractivity contribution in [3.63, 3.8) is 0 Å². The Morgan fingerprint density at radius 1 is 0.562 bits per heavy atom. The molecule has 0 spiro atoms. The lowest BCUT2D eigenvalue weighted by atomic mass is 9.97. The first kappa shape index (κ1) is 17.3. The summed E-state index contributed by atoms with van der Waals surface area (Å²) in [7, 11) is 1.58. The van der Waals surface area contributed by atoms with E-state index in [0.29, 0.717) is 17.5 Å². The lowest BCUT2D eigenvalue weighted by Crippen LogP contribution is -1.82. The molecule has 7 rings (SSSR count). The second kappa shape index (κ2) is 6.31. The number of hydrogen-bond acceptors (Lipinski definition) is 5. The van der Waals surface area contributed by atoms with Crippen molar-refractivity contribution in [1.82, 2.24) is 0 Å². The molecule has 5 heteroatoms. The fraction of sp³-hybridized carbons (Fsp3) is 0.0370. The van der Waals surface area contributed by atoms with Gasteiger partial charge in [0.05, 0.1) is 24.1 Å². The van der Waals surface area contributed by atoms with Crippen LogP contribution in [0.15, 0.2) is 96.7 Å². The number of benzene rings is 3. The topological polar surface area (TPSA) is 61.8 Å². The molecule has 4 aromatic heterocycles. The average Bonchev–Trinajstić information content (AvgIpc) is 3.58. The predicted molar refractivity (Wildman–Crippen MR) is 123 cm³/mol. The van der Waals surface area contributed by atoms with Crippen molar-refractivity contribution >= 4 is 44.3 Å². The van der Waals surface area contributed by atoms with Crippen molar-refractivity contribution in [1.29, 1.82) is 0 Å². The Bertz CT molecular complexity index is 1770. The van der Waals surface area contributed by atoms with Gasteiger partial charge in [-0.05, 0) is 58.7 Å². The summed E-state index contributed by atoms with van der Waals surface area (Å²) in [5, 5.41) is 3.94. The summed E-state index contributed by atoms with van der Waals surface area (Å²) in [6.45, 7) is 0. The van der Waals surface area contributed by atoms with Gasteiger partial charge in [-0.3, -0.25) is 0 Å². The molecule has 4 heterocycles. The Hall–Kier alpha value is -4.38. The van der Waals surface area contributed by atoms with E-state index in [2.05, 4.69) is 48.5 Å². The minimum Gasteiger partial charge on any atom is -0.468 e. The van der Waals surface area contributed by atoms with Gasteiger partial charge in [-0.15, -0.1) is 0 Å². The summed E-state index contributed by atoms with van der Waals surface area (Å²) in [6.07, 6.45) is 1.65. The average molecular weight is 420 g/mol. The molecule has 0 unspecified atom stereocenters. The first-order valence-corrected chi connectivity index (χ1v) is 10.3. The van der Waals surface area contributed by atoms with Crippen molar-refractivity contribution in [3.8, 4) is 28.2 Å². The van der Waals surface area contributed by atoms with Crippen LogP contribution in [0.5, 0.6) is 5.95 Å². The molecule has 3 aromatic carbocycles. The van der Waals surface area contributed by atoms with E-state index in [1.807, 2.05) is 24.3 Å². The van der Waals surface area contributed by atoms with Gasteiger partial charge in [0.1, 0.15) is 11.2 Å². The lowest BCUT2D eigenvalue weighted by Gasteiger charge is -2.07. The summed E-state index contributed by atoms with van der Waals surface area (Å²) in [4.78, 5) is 0. The molecule has 0 aliphatic rings. The first-order chi connectivity index (χ1) is 15.8. The lowest BCUT2D eigenvalue weighted by molar-refractivity contribution is 0.303. The van der Waals surface area contributed by atoms with Gasteiger partial charge in [-0.1, -0.05) is 30.3 Å². The zero-order chi connectivity index (χ0) is 21.2. The molecule has 0 fully saturated rings. The van der Waals surface area contributed by atoms with E-state index in [9.17, 15) is 0 Å². The summed E-state index contributed by atoms with van der Waals surface area (Å²) in [5.74, 6) is 1.47. The van der Waals surface area contributed by atoms with Crippen LogP contribution in [0.1, 0.15) is 0 Å². The molecule has 5 nitrogen and oxygen atoms in total. The van der Waals surface area contributed by atoms with Gasteiger partial charge in [0.25, 0.3) is 11.7 Å². The molecule has 0 bridgehead atoms. The standard InChI is InChI=1S/C27H16O5/c1-28-25-14-22-21-13-18(6-8-24(21)31-27(22)32-25)16-4-2-3-15(11-16)17-5-7-23-20(12-17)19-9-10-29-26(19)30-23/h2-14H,1H3. The van der Waals surface area contributed by atoms with Crippen LogP contribution in [0.4, 0.5) is 0 Å².